The Bertz CT molecular complexity index is 1050. The van der Waals surface area contributed by atoms with Gasteiger partial charge in [0.15, 0.2) is 0 Å². The minimum Gasteiger partial charge on any atom is -0.497 e. The lowest BCUT2D eigenvalue weighted by molar-refractivity contribution is -0.128. The zero-order valence-corrected chi connectivity index (χ0v) is 19.5. The highest BCUT2D eigenvalue weighted by Gasteiger charge is 2.28. The summed E-state index contributed by atoms with van der Waals surface area (Å²) in [7, 11) is 1.60. The zero-order chi connectivity index (χ0) is 23.1. The van der Waals surface area contributed by atoms with Crippen LogP contribution in [0.2, 0.25) is 0 Å². The number of hydrogen-bond donors (Lipinski definition) is 2. The van der Waals surface area contributed by atoms with Crippen molar-refractivity contribution in [2.24, 2.45) is 5.92 Å². The number of amides is 2. The molecule has 2 aromatic carbocycles. The normalized spacial score (nSPS) is 12.8. The van der Waals surface area contributed by atoms with Gasteiger partial charge in [-0.05, 0) is 30.0 Å². The molecule has 0 saturated carbocycles. The summed E-state index contributed by atoms with van der Waals surface area (Å²) in [6.07, 6.45) is 0.641. The number of nitrogens with zero attached hydrogens (tertiary/aromatic N) is 2. The van der Waals surface area contributed by atoms with Gasteiger partial charge in [-0.25, -0.2) is 0 Å². The first-order valence-electron chi connectivity index (χ1n) is 10.6. The Labute approximate surface area is 192 Å². The number of anilines is 1. The largest absolute Gasteiger partial charge is 0.497 e. The molecule has 0 radical (unpaired) electrons. The van der Waals surface area contributed by atoms with Crippen LogP contribution in [0.4, 0.5) is 5.13 Å². The molecule has 8 heteroatoms. The molecule has 32 heavy (non-hydrogen) atoms. The van der Waals surface area contributed by atoms with Crippen LogP contribution in [0.5, 0.6) is 5.75 Å². The average molecular weight is 453 g/mol. The van der Waals surface area contributed by atoms with E-state index < -0.39 is 6.04 Å². The predicted octanol–water partition coefficient (Wildman–Crippen LogP) is 4.49. The topological polar surface area (TPSA) is 93.2 Å². The van der Waals surface area contributed by atoms with Crippen molar-refractivity contribution in [1.82, 2.24) is 15.5 Å². The Morgan fingerprint density at radius 2 is 1.78 bits per heavy atom. The van der Waals surface area contributed by atoms with Crippen LogP contribution in [0.1, 0.15) is 38.7 Å². The molecule has 168 valence electrons. The summed E-state index contributed by atoms with van der Waals surface area (Å²) in [5.41, 5.74) is 1.78. The minimum absolute atomic E-state index is 0.0991. The van der Waals surface area contributed by atoms with Crippen molar-refractivity contribution in [2.45, 2.75) is 39.2 Å². The van der Waals surface area contributed by atoms with Crippen molar-refractivity contribution in [2.75, 3.05) is 12.4 Å². The van der Waals surface area contributed by atoms with E-state index in [-0.39, 0.29) is 23.7 Å². The summed E-state index contributed by atoms with van der Waals surface area (Å²) in [4.78, 5) is 25.9. The summed E-state index contributed by atoms with van der Waals surface area (Å²) >= 11 is 1.27. The maximum absolute atomic E-state index is 13.0. The molecular weight excluding hydrogens is 424 g/mol. The number of carbonyl (C=O) groups is 2. The number of methoxy groups -OCH3 is 1. The number of ether oxygens (including phenoxy) is 1. The van der Waals surface area contributed by atoms with Crippen LogP contribution in [0.25, 0.3) is 10.6 Å². The molecule has 0 spiro atoms. The smallest absolute Gasteiger partial charge is 0.249 e. The molecule has 7 nitrogen and oxygen atoms in total. The molecule has 0 aliphatic heterocycles. The third-order valence-corrected chi connectivity index (χ3v) is 6.03. The number of rotatable bonds is 9. The molecule has 3 aromatic rings. The maximum atomic E-state index is 13.0. The molecule has 0 aliphatic rings. The third kappa shape index (κ3) is 5.70. The van der Waals surface area contributed by atoms with Crippen molar-refractivity contribution in [3.8, 4) is 16.3 Å². The molecule has 0 bridgehead atoms. The lowest BCUT2D eigenvalue weighted by Gasteiger charge is -2.24. The van der Waals surface area contributed by atoms with Gasteiger partial charge in [0.2, 0.25) is 16.9 Å². The Kier molecular flexibility index (Phi) is 7.94. The summed E-state index contributed by atoms with van der Waals surface area (Å²) in [5.74, 6) is -0.175. The zero-order valence-electron chi connectivity index (χ0n) is 18.7. The lowest BCUT2D eigenvalue weighted by Crippen LogP contribution is -2.48. The third-order valence-electron chi connectivity index (χ3n) is 5.15. The summed E-state index contributed by atoms with van der Waals surface area (Å²) in [6.45, 7) is 5.76. The van der Waals surface area contributed by atoms with Crippen LogP contribution in [0.3, 0.4) is 0 Å². The first-order chi connectivity index (χ1) is 15.4. The van der Waals surface area contributed by atoms with E-state index in [2.05, 4.69) is 20.8 Å². The number of hydrogen-bond acceptors (Lipinski definition) is 6. The van der Waals surface area contributed by atoms with Crippen molar-refractivity contribution in [1.29, 1.82) is 0 Å². The van der Waals surface area contributed by atoms with Crippen LogP contribution in [0.15, 0.2) is 54.6 Å². The van der Waals surface area contributed by atoms with Gasteiger partial charge in [0.25, 0.3) is 0 Å². The lowest BCUT2D eigenvalue weighted by atomic mass is 9.94. The molecule has 0 aliphatic carbocycles. The Balaban J connectivity index is 1.70. The van der Waals surface area contributed by atoms with Crippen LogP contribution < -0.4 is 15.4 Å². The molecule has 2 unspecified atom stereocenters. The van der Waals surface area contributed by atoms with Crippen molar-refractivity contribution in [3.05, 3.63) is 60.2 Å². The van der Waals surface area contributed by atoms with Crippen LogP contribution in [-0.4, -0.2) is 35.2 Å². The van der Waals surface area contributed by atoms with Crippen LogP contribution in [0, 0.1) is 5.92 Å². The van der Waals surface area contributed by atoms with Gasteiger partial charge in [-0.2, -0.15) is 0 Å². The molecule has 1 aromatic heterocycles. The van der Waals surface area contributed by atoms with E-state index in [1.165, 1.54) is 11.3 Å². The van der Waals surface area contributed by atoms with Gasteiger partial charge < -0.3 is 10.1 Å². The van der Waals surface area contributed by atoms with Crippen molar-refractivity contribution >= 4 is 28.3 Å². The Hall–Kier alpha value is -3.26. The summed E-state index contributed by atoms with van der Waals surface area (Å²) in [6, 6.07) is 16.4. The highest BCUT2D eigenvalue weighted by atomic mass is 32.1. The van der Waals surface area contributed by atoms with Crippen molar-refractivity contribution in [3.63, 3.8) is 0 Å². The van der Waals surface area contributed by atoms with E-state index in [4.69, 9.17) is 4.74 Å². The highest BCUT2D eigenvalue weighted by Crippen LogP contribution is 2.29. The second kappa shape index (κ2) is 10.9. The van der Waals surface area contributed by atoms with E-state index in [9.17, 15) is 9.59 Å². The second-order valence-electron chi connectivity index (χ2n) is 7.74. The van der Waals surface area contributed by atoms with Gasteiger partial charge in [0.1, 0.15) is 16.8 Å². The van der Waals surface area contributed by atoms with E-state index in [1.54, 1.807) is 7.11 Å². The van der Waals surface area contributed by atoms with Crippen LogP contribution in [-0.2, 0) is 9.59 Å². The molecular formula is C24H28N4O3S. The first-order valence-corrected chi connectivity index (χ1v) is 11.4. The van der Waals surface area contributed by atoms with E-state index in [0.717, 1.165) is 16.9 Å². The summed E-state index contributed by atoms with van der Waals surface area (Å²) in [5, 5.41) is 15.0. The van der Waals surface area contributed by atoms with Gasteiger partial charge in [-0.15, -0.1) is 10.2 Å². The number of carbonyl (C=O) groups excluding carboxylic acids is 2. The molecule has 2 atom stereocenters. The van der Waals surface area contributed by atoms with Gasteiger partial charge in [0, 0.05) is 5.56 Å². The van der Waals surface area contributed by atoms with Gasteiger partial charge >= 0.3 is 0 Å². The highest BCUT2D eigenvalue weighted by molar-refractivity contribution is 7.18. The second-order valence-corrected chi connectivity index (χ2v) is 8.71. The predicted molar refractivity (Wildman–Crippen MR) is 127 cm³/mol. The molecule has 2 amide bonds. The Morgan fingerprint density at radius 1 is 1.03 bits per heavy atom. The fourth-order valence-electron chi connectivity index (χ4n) is 3.38. The van der Waals surface area contributed by atoms with E-state index >= 15 is 0 Å². The van der Waals surface area contributed by atoms with Gasteiger partial charge in [0.05, 0.1) is 13.0 Å². The molecule has 0 fully saturated rings. The molecule has 3 rings (SSSR count). The number of aromatic nitrogens is 2. The number of nitrogens with one attached hydrogen (secondary N) is 2. The fourth-order valence-corrected chi connectivity index (χ4v) is 4.12. The van der Waals surface area contributed by atoms with Gasteiger partial charge in [-0.1, -0.05) is 74.6 Å². The van der Waals surface area contributed by atoms with Crippen LogP contribution >= 0.6 is 11.3 Å². The minimum atomic E-state index is -0.690. The average Bonchev–Trinajstić information content (AvgIpc) is 3.27. The Morgan fingerprint density at radius 3 is 2.44 bits per heavy atom. The standard InChI is InChI=1S/C24H28N4O3S/c1-5-19(16-10-7-6-8-11-16)21(29)25-20(15(2)3)22(30)26-24-28-27-23(32-24)17-12-9-13-18(14-17)31-4/h6-15,19-20H,5H2,1-4H3,(H,25,29)(H,26,28,30). The molecule has 1 heterocycles. The van der Waals surface area contributed by atoms with E-state index in [0.29, 0.717) is 16.6 Å². The van der Waals surface area contributed by atoms with E-state index in [1.807, 2.05) is 75.4 Å². The quantitative estimate of drug-likeness (QED) is 0.499. The maximum Gasteiger partial charge on any atom is 0.249 e. The first kappa shape index (κ1) is 23.4. The molecule has 2 N–H and O–H groups in total. The van der Waals surface area contributed by atoms with Gasteiger partial charge in [-0.3, -0.25) is 14.9 Å². The number of benzene rings is 2. The fraction of sp³-hybridized carbons (Fsp3) is 0.333. The summed E-state index contributed by atoms with van der Waals surface area (Å²) < 4.78 is 5.25. The van der Waals surface area contributed by atoms with Crippen molar-refractivity contribution < 1.29 is 14.3 Å². The monoisotopic (exact) mass is 452 g/mol. The molecule has 0 saturated heterocycles. The SMILES string of the molecule is CCC(C(=O)NC(C(=O)Nc1nnc(-c2cccc(OC)c2)s1)C(C)C)c1ccccc1.